The van der Waals surface area contributed by atoms with E-state index in [2.05, 4.69) is 58.6 Å². The van der Waals surface area contributed by atoms with Crippen LogP contribution in [0.2, 0.25) is 0 Å². The predicted molar refractivity (Wildman–Crippen MR) is 112 cm³/mol. The maximum atomic E-state index is 14.0. The molecule has 29 heavy (non-hydrogen) atoms. The molecule has 0 radical (unpaired) electrons. The van der Waals surface area contributed by atoms with Crippen molar-refractivity contribution in [3.05, 3.63) is 59.4 Å². The summed E-state index contributed by atoms with van der Waals surface area (Å²) in [6.45, 7) is 7.13. The number of hydrogen-bond acceptors (Lipinski definition) is 6. The average Bonchev–Trinajstić information content (AvgIpc) is 3.19. The smallest absolute Gasteiger partial charge is 0.244 e. The predicted octanol–water partition coefficient (Wildman–Crippen LogP) is 1.51. The monoisotopic (exact) mass is 398 g/mol. The number of rotatable bonds is 4. The molecule has 4 rings (SSSR count). The van der Waals surface area contributed by atoms with E-state index in [1.54, 1.807) is 18.2 Å². The zero-order valence-corrected chi connectivity index (χ0v) is 16.7. The summed E-state index contributed by atoms with van der Waals surface area (Å²) in [5.74, 6) is -0.369. The molecule has 0 bridgehead atoms. The molecule has 8 heteroatoms. The molecule has 2 aromatic rings. The molecule has 0 saturated carbocycles. The first-order valence-electron chi connectivity index (χ1n) is 9.91. The van der Waals surface area contributed by atoms with Gasteiger partial charge in [0.15, 0.2) is 0 Å². The van der Waals surface area contributed by atoms with Crippen LogP contribution >= 0.6 is 0 Å². The third kappa shape index (κ3) is 4.05. The summed E-state index contributed by atoms with van der Waals surface area (Å²) in [6.07, 6.45) is -0.462. The lowest BCUT2D eigenvalue weighted by molar-refractivity contribution is -0.133. The van der Waals surface area contributed by atoms with Crippen LogP contribution in [0.3, 0.4) is 0 Å². The molecule has 1 amide bonds. The number of anilines is 2. The van der Waals surface area contributed by atoms with Crippen molar-refractivity contribution in [3.63, 3.8) is 0 Å². The molecule has 2 heterocycles. The van der Waals surface area contributed by atoms with Crippen LogP contribution in [0.25, 0.3) is 0 Å². The fourth-order valence-corrected chi connectivity index (χ4v) is 3.88. The summed E-state index contributed by atoms with van der Waals surface area (Å²) < 4.78 is 14.0. The lowest BCUT2D eigenvalue weighted by Crippen LogP contribution is -2.57. The van der Waals surface area contributed by atoms with Gasteiger partial charge in [-0.15, -0.1) is 0 Å². The fraction of sp³-hybridized carbons (Fsp3) is 0.381. The van der Waals surface area contributed by atoms with E-state index in [4.69, 9.17) is 0 Å². The van der Waals surface area contributed by atoms with Crippen molar-refractivity contribution in [1.29, 1.82) is 0 Å². The number of carbonyl (C=O) groups excluding carboxylic acids is 1. The van der Waals surface area contributed by atoms with Gasteiger partial charge in [0.1, 0.15) is 18.0 Å². The Balaban J connectivity index is 1.39. The number of nitrogens with one attached hydrogen (secondary N) is 4. The van der Waals surface area contributed by atoms with Gasteiger partial charge in [0.25, 0.3) is 0 Å². The van der Waals surface area contributed by atoms with Crippen molar-refractivity contribution in [2.45, 2.75) is 26.1 Å². The second-order valence-corrected chi connectivity index (χ2v) is 7.52. The average molecular weight is 398 g/mol. The molecule has 0 spiro atoms. The number of piperazine rings is 1. The molecule has 2 aliphatic heterocycles. The van der Waals surface area contributed by atoms with E-state index in [9.17, 15) is 9.18 Å². The van der Waals surface area contributed by atoms with Gasteiger partial charge in [0.05, 0.1) is 5.69 Å². The molecule has 4 N–H and O–H groups in total. The number of hydrogen-bond donors (Lipinski definition) is 4. The minimum atomic E-state index is -0.540. The number of benzene rings is 2. The Morgan fingerprint density at radius 3 is 2.55 bits per heavy atom. The first-order valence-corrected chi connectivity index (χ1v) is 9.91. The van der Waals surface area contributed by atoms with Gasteiger partial charge in [-0.3, -0.25) is 4.79 Å². The van der Waals surface area contributed by atoms with Crippen molar-refractivity contribution in [2.75, 3.05) is 36.4 Å². The van der Waals surface area contributed by atoms with Gasteiger partial charge in [-0.1, -0.05) is 24.3 Å². The van der Waals surface area contributed by atoms with E-state index in [1.165, 1.54) is 22.9 Å². The molecule has 2 fully saturated rings. The highest BCUT2D eigenvalue weighted by Crippen LogP contribution is 2.24. The molecule has 0 aliphatic carbocycles. The molecule has 2 atom stereocenters. The summed E-state index contributed by atoms with van der Waals surface area (Å²) in [5, 5.41) is 3.06. The second kappa shape index (κ2) is 8.36. The number of halogens is 1. The minimum Gasteiger partial charge on any atom is -0.368 e. The highest BCUT2D eigenvalue weighted by Gasteiger charge is 2.37. The number of amides is 1. The second-order valence-electron chi connectivity index (χ2n) is 7.52. The Labute approximate surface area is 170 Å². The molecular formula is C21H27FN6O. The van der Waals surface area contributed by atoms with Crippen LogP contribution in [0.5, 0.6) is 0 Å². The Morgan fingerprint density at radius 2 is 1.79 bits per heavy atom. The van der Waals surface area contributed by atoms with E-state index >= 15 is 0 Å². The highest BCUT2D eigenvalue weighted by molar-refractivity contribution is 5.83. The van der Waals surface area contributed by atoms with Crippen LogP contribution < -0.4 is 26.6 Å². The molecule has 7 nitrogen and oxygen atoms in total. The number of hydrazine groups is 2. The molecule has 0 aromatic heterocycles. The van der Waals surface area contributed by atoms with Crippen LogP contribution in [0.1, 0.15) is 11.1 Å². The normalized spacial score (nSPS) is 22.0. The molecule has 2 aromatic carbocycles. The van der Waals surface area contributed by atoms with E-state index < -0.39 is 12.2 Å². The van der Waals surface area contributed by atoms with Gasteiger partial charge in [0.2, 0.25) is 5.91 Å². The van der Waals surface area contributed by atoms with Crippen LogP contribution in [0.15, 0.2) is 42.5 Å². The molecule has 2 unspecified atom stereocenters. The van der Waals surface area contributed by atoms with Crippen molar-refractivity contribution in [3.8, 4) is 0 Å². The third-order valence-corrected chi connectivity index (χ3v) is 5.75. The van der Waals surface area contributed by atoms with E-state index in [0.717, 1.165) is 13.1 Å². The first kappa shape index (κ1) is 19.6. The Morgan fingerprint density at radius 1 is 1.03 bits per heavy atom. The quantitative estimate of drug-likeness (QED) is 0.626. The summed E-state index contributed by atoms with van der Waals surface area (Å²) in [4.78, 5) is 17.3. The summed E-state index contributed by atoms with van der Waals surface area (Å²) >= 11 is 0. The lowest BCUT2D eigenvalue weighted by Gasteiger charge is -2.38. The van der Waals surface area contributed by atoms with Crippen molar-refractivity contribution >= 4 is 17.3 Å². The summed E-state index contributed by atoms with van der Waals surface area (Å²) in [5.41, 5.74) is 12.8. The number of nitrogens with zero attached hydrogens (tertiary/aromatic N) is 2. The van der Waals surface area contributed by atoms with Gasteiger partial charge in [-0.2, -0.15) is 5.53 Å². The van der Waals surface area contributed by atoms with Crippen molar-refractivity contribution < 1.29 is 9.18 Å². The topological polar surface area (TPSA) is 71.7 Å². The molecule has 2 aliphatic rings. The summed E-state index contributed by atoms with van der Waals surface area (Å²) in [7, 11) is 0. The standard InChI is InChI=1S/C21H27FN6O/c1-14-6-5-9-18(15(14)2)27-10-12-28(13-11-27)21(29)19-20(25-26-24-19)23-17-8-4-3-7-16(17)22/h3-9,19-20,23-26H,10-13H2,1-2H3. The fourth-order valence-electron chi connectivity index (χ4n) is 3.88. The Hall–Kier alpha value is -2.68. The third-order valence-electron chi connectivity index (χ3n) is 5.75. The highest BCUT2D eigenvalue weighted by atomic mass is 19.1. The maximum absolute atomic E-state index is 14.0. The summed E-state index contributed by atoms with van der Waals surface area (Å²) in [6, 6.07) is 12.2. The van der Waals surface area contributed by atoms with E-state index in [0.29, 0.717) is 18.8 Å². The SMILES string of the molecule is Cc1cccc(N2CCN(C(=O)C3NNNC3Nc3ccccc3F)CC2)c1C. The van der Waals surface area contributed by atoms with Crippen molar-refractivity contribution in [2.24, 2.45) is 0 Å². The minimum absolute atomic E-state index is 0.0167. The van der Waals surface area contributed by atoms with Gasteiger partial charge < -0.3 is 15.1 Å². The van der Waals surface area contributed by atoms with Gasteiger partial charge >= 0.3 is 0 Å². The van der Waals surface area contributed by atoms with E-state index in [1.807, 2.05) is 4.90 Å². The molecule has 154 valence electrons. The van der Waals surface area contributed by atoms with Gasteiger partial charge in [-0.05, 0) is 43.2 Å². The number of carbonyl (C=O) groups is 1. The molecular weight excluding hydrogens is 371 g/mol. The van der Waals surface area contributed by atoms with Gasteiger partial charge in [-0.25, -0.2) is 15.2 Å². The largest absolute Gasteiger partial charge is 0.368 e. The number of aryl methyl sites for hydroxylation is 1. The van der Waals surface area contributed by atoms with E-state index in [-0.39, 0.29) is 11.7 Å². The van der Waals surface area contributed by atoms with Crippen LogP contribution in [0, 0.1) is 19.7 Å². The Bertz CT molecular complexity index is 883. The van der Waals surface area contributed by atoms with Crippen molar-refractivity contribution in [1.82, 2.24) is 21.3 Å². The zero-order valence-electron chi connectivity index (χ0n) is 16.7. The Kier molecular flexibility index (Phi) is 5.66. The van der Waals surface area contributed by atoms with Crippen LogP contribution in [-0.4, -0.2) is 49.2 Å². The van der Waals surface area contributed by atoms with Gasteiger partial charge in [0, 0.05) is 31.9 Å². The zero-order chi connectivity index (χ0) is 20.4. The lowest BCUT2D eigenvalue weighted by atomic mass is 10.1. The maximum Gasteiger partial charge on any atom is 0.244 e. The first-order chi connectivity index (χ1) is 14.0. The molecule has 2 saturated heterocycles. The van der Waals surface area contributed by atoms with Crippen LogP contribution in [0.4, 0.5) is 15.8 Å². The van der Waals surface area contributed by atoms with Crippen LogP contribution in [-0.2, 0) is 4.79 Å². The number of para-hydroxylation sites is 1.